The quantitative estimate of drug-likeness (QED) is 0.779. The van der Waals surface area contributed by atoms with Crippen molar-refractivity contribution < 1.29 is 4.79 Å². The van der Waals surface area contributed by atoms with Crippen molar-refractivity contribution in [2.24, 2.45) is 10.3 Å². The zero-order chi connectivity index (χ0) is 12.8. The molecule has 0 saturated carbocycles. The van der Waals surface area contributed by atoms with Crippen molar-refractivity contribution in [3.05, 3.63) is 65.7 Å². The summed E-state index contributed by atoms with van der Waals surface area (Å²) in [4.78, 5) is 12.3. The number of ketones is 1. The van der Waals surface area contributed by atoms with Gasteiger partial charge in [-0.1, -0.05) is 47.7 Å². The molecule has 0 fully saturated rings. The van der Waals surface area contributed by atoms with Gasteiger partial charge in [0.1, 0.15) is 6.04 Å². The summed E-state index contributed by atoms with van der Waals surface area (Å²) >= 11 is 0. The molecule has 0 aromatic heterocycles. The first-order chi connectivity index (χ1) is 9.36. The van der Waals surface area contributed by atoms with E-state index in [2.05, 4.69) is 10.3 Å². The van der Waals surface area contributed by atoms with Crippen molar-refractivity contribution in [2.75, 3.05) is 5.01 Å². The van der Waals surface area contributed by atoms with Crippen LogP contribution in [0, 0.1) is 0 Å². The summed E-state index contributed by atoms with van der Waals surface area (Å²) in [6.07, 6.45) is 0. The minimum atomic E-state index is -0.391. The zero-order valence-electron chi connectivity index (χ0n) is 10.1. The number of anilines is 1. The Kier molecular flexibility index (Phi) is 2.06. The molecule has 0 radical (unpaired) electrons. The third-order valence-electron chi connectivity index (χ3n) is 3.67. The number of rotatable bonds is 1. The van der Waals surface area contributed by atoms with Gasteiger partial charge in [0.2, 0.25) is 0 Å². The number of fused-ring (bicyclic) bond motifs is 3. The fourth-order valence-electron chi connectivity index (χ4n) is 2.79. The second kappa shape index (κ2) is 3.75. The second-order valence-corrected chi connectivity index (χ2v) is 4.73. The predicted octanol–water partition coefficient (Wildman–Crippen LogP) is 3.18. The smallest absolute Gasteiger partial charge is 0.192 e. The normalized spacial score (nSPS) is 23.6. The van der Waals surface area contributed by atoms with E-state index in [1.54, 1.807) is 0 Å². The highest BCUT2D eigenvalue weighted by molar-refractivity contribution is 6.06. The molecule has 2 atom stereocenters. The van der Waals surface area contributed by atoms with Crippen LogP contribution in [0.1, 0.15) is 22.0 Å². The molecule has 0 N–H and O–H groups in total. The summed E-state index contributed by atoms with van der Waals surface area (Å²) < 4.78 is 0. The van der Waals surface area contributed by atoms with Crippen molar-refractivity contribution in [2.45, 2.75) is 12.1 Å². The number of Topliss-reactive ketones (excluding diaryl/α,β-unsaturated/α-hetero) is 1. The molecule has 1 aliphatic carbocycles. The first kappa shape index (κ1) is 10.4. The van der Waals surface area contributed by atoms with Gasteiger partial charge in [0, 0.05) is 5.56 Å². The van der Waals surface area contributed by atoms with E-state index in [-0.39, 0.29) is 11.8 Å². The molecule has 2 aromatic rings. The highest BCUT2D eigenvalue weighted by Gasteiger charge is 2.47. The van der Waals surface area contributed by atoms with Gasteiger partial charge in [0.05, 0.1) is 5.69 Å². The Morgan fingerprint density at radius 3 is 2.53 bits per heavy atom. The first-order valence-electron chi connectivity index (χ1n) is 6.24. The zero-order valence-corrected chi connectivity index (χ0v) is 10.1. The van der Waals surface area contributed by atoms with Crippen LogP contribution in [0.25, 0.3) is 0 Å². The molecular formula is C15H11N3O. The predicted molar refractivity (Wildman–Crippen MR) is 71.1 cm³/mol. The average molecular weight is 249 g/mol. The highest BCUT2D eigenvalue weighted by Crippen LogP contribution is 2.43. The molecule has 4 heteroatoms. The lowest BCUT2D eigenvalue weighted by atomic mass is 10.1. The van der Waals surface area contributed by atoms with Gasteiger partial charge in [0.15, 0.2) is 11.8 Å². The molecule has 0 saturated heterocycles. The third kappa shape index (κ3) is 1.37. The lowest BCUT2D eigenvalue weighted by molar-refractivity contribution is 0.0971. The van der Waals surface area contributed by atoms with Gasteiger partial charge >= 0.3 is 0 Å². The minimum absolute atomic E-state index is 0.0720. The molecule has 0 amide bonds. The van der Waals surface area contributed by atoms with Crippen molar-refractivity contribution in [3.63, 3.8) is 0 Å². The largest absolute Gasteiger partial charge is 0.292 e. The maximum atomic E-state index is 12.3. The molecule has 2 unspecified atom stereocenters. The molecule has 0 spiro atoms. The lowest BCUT2D eigenvalue weighted by Gasteiger charge is -2.21. The molecule has 4 rings (SSSR count). The van der Waals surface area contributed by atoms with Gasteiger partial charge in [-0.3, -0.25) is 4.79 Å². The van der Waals surface area contributed by atoms with E-state index >= 15 is 0 Å². The van der Waals surface area contributed by atoms with E-state index in [4.69, 9.17) is 0 Å². The number of para-hydroxylation sites is 1. The van der Waals surface area contributed by atoms with Crippen molar-refractivity contribution in [1.82, 2.24) is 0 Å². The van der Waals surface area contributed by atoms with Crippen molar-refractivity contribution in [1.29, 1.82) is 0 Å². The summed E-state index contributed by atoms with van der Waals surface area (Å²) in [5, 5.41) is 10.2. The Hall–Kier alpha value is -2.49. The van der Waals surface area contributed by atoms with E-state index < -0.39 is 6.04 Å². The van der Waals surface area contributed by atoms with Gasteiger partial charge in [0.25, 0.3) is 0 Å². The maximum Gasteiger partial charge on any atom is 0.192 e. The van der Waals surface area contributed by atoms with Crippen LogP contribution in [0.15, 0.2) is 64.9 Å². The number of hydrogen-bond donors (Lipinski definition) is 0. The van der Waals surface area contributed by atoms with Crippen LogP contribution in [0.5, 0.6) is 0 Å². The molecule has 19 heavy (non-hydrogen) atoms. The summed E-state index contributed by atoms with van der Waals surface area (Å²) in [6.45, 7) is 0. The van der Waals surface area contributed by atoms with E-state index in [9.17, 15) is 4.79 Å². The van der Waals surface area contributed by atoms with Gasteiger partial charge < -0.3 is 0 Å². The Balaban J connectivity index is 1.84. The molecule has 2 aliphatic rings. The minimum Gasteiger partial charge on any atom is -0.292 e. The van der Waals surface area contributed by atoms with Gasteiger partial charge in [-0.25, -0.2) is 5.01 Å². The van der Waals surface area contributed by atoms with Crippen LogP contribution in [-0.2, 0) is 0 Å². The van der Waals surface area contributed by atoms with Gasteiger partial charge in [-0.05, 0) is 17.7 Å². The summed E-state index contributed by atoms with van der Waals surface area (Å²) in [7, 11) is 0. The number of benzene rings is 2. The van der Waals surface area contributed by atoms with Gasteiger partial charge in [-0.2, -0.15) is 5.11 Å². The van der Waals surface area contributed by atoms with E-state index in [1.807, 2.05) is 59.6 Å². The van der Waals surface area contributed by atoms with Crippen molar-refractivity contribution in [3.8, 4) is 0 Å². The first-order valence-corrected chi connectivity index (χ1v) is 6.24. The molecule has 2 aromatic carbocycles. The molecule has 1 heterocycles. The molecular weight excluding hydrogens is 238 g/mol. The fraction of sp³-hybridized carbons (Fsp3) is 0.133. The van der Waals surface area contributed by atoms with Crippen LogP contribution < -0.4 is 5.01 Å². The fourth-order valence-corrected chi connectivity index (χ4v) is 2.79. The van der Waals surface area contributed by atoms with E-state index in [1.165, 1.54) is 0 Å². The summed E-state index contributed by atoms with van der Waals surface area (Å²) in [5.74, 6) is 0.0720. The number of hydrogen-bond acceptors (Lipinski definition) is 4. The van der Waals surface area contributed by atoms with Crippen LogP contribution in [0.4, 0.5) is 5.69 Å². The monoisotopic (exact) mass is 249 g/mol. The van der Waals surface area contributed by atoms with Crippen LogP contribution in [-0.4, -0.2) is 11.8 Å². The average Bonchev–Trinajstić information content (AvgIpc) is 3.02. The van der Waals surface area contributed by atoms with E-state index in [0.717, 1.165) is 16.8 Å². The van der Waals surface area contributed by atoms with E-state index in [0.29, 0.717) is 0 Å². The molecule has 1 aliphatic heterocycles. The topological polar surface area (TPSA) is 45.0 Å². The summed E-state index contributed by atoms with van der Waals surface area (Å²) in [5.41, 5.74) is 2.76. The number of nitrogens with zero attached hydrogens (tertiary/aromatic N) is 3. The molecule has 92 valence electrons. The lowest BCUT2D eigenvalue weighted by Crippen LogP contribution is -2.25. The standard InChI is InChI=1S/C15H11N3O/c19-15-12-9-5-4-8-11(12)14-13(15)16-17-18(14)10-6-2-1-3-7-10/h1-9,13-14H. The van der Waals surface area contributed by atoms with Gasteiger partial charge in [-0.15, -0.1) is 0 Å². The Morgan fingerprint density at radius 1 is 0.947 bits per heavy atom. The highest BCUT2D eigenvalue weighted by atomic mass is 16.1. The SMILES string of the molecule is O=C1c2ccccc2C2C1N=NN2c1ccccc1. The number of carbonyl (C=O) groups is 1. The summed E-state index contributed by atoms with van der Waals surface area (Å²) in [6, 6.07) is 17.1. The maximum absolute atomic E-state index is 12.3. The molecule has 0 bridgehead atoms. The Labute approximate surface area is 110 Å². The third-order valence-corrected chi connectivity index (χ3v) is 3.67. The number of carbonyl (C=O) groups excluding carboxylic acids is 1. The molecule has 4 nitrogen and oxygen atoms in total. The second-order valence-electron chi connectivity index (χ2n) is 4.73. The Morgan fingerprint density at radius 2 is 1.68 bits per heavy atom. The van der Waals surface area contributed by atoms with Crippen LogP contribution >= 0.6 is 0 Å². The Bertz CT molecular complexity index is 681. The van der Waals surface area contributed by atoms with Crippen molar-refractivity contribution >= 4 is 11.5 Å². The van der Waals surface area contributed by atoms with Crippen LogP contribution in [0.2, 0.25) is 0 Å². The van der Waals surface area contributed by atoms with Crippen LogP contribution in [0.3, 0.4) is 0 Å².